The summed E-state index contributed by atoms with van der Waals surface area (Å²) < 4.78 is 35.9. The Hall–Kier alpha value is -0.780. The number of aliphatic carboxylic acids is 1. The normalized spacial score (nSPS) is 18.8. The molecule has 1 N–H and O–H groups in total. The molecule has 0 aromatic heterocycles. The van der Waals surface area contributed by atoms with Crippen LogP contribution in [0.4, 0.5) is 13.2 Å². The Bertz CT molecular complexity index is 261. The highest BCUT2D eigenvalue weighted by Crippen LogP contribution is 2.49. The molecule has 0 atom stereocenters. The zero-order valence-corrected chi connectivity index (χ0v) is 9.18. The molecule has 0 aliphatic heterocycles. The number of carboxylic acids is 1. The van der Waals surface area contributed by atoms with Crippen molar-refractivity contribution < 1.29 is 23.1 Å². The predicted octanol–water partition coefficient (Wildman–Crippen LogP) is 2.13. The molecule has 0 aromatic carbocycles. The molecule has 0 unspecified atom stereocenters. The highest BCUT2D eigenvalue weighted by molar-refractivity contribution is 5.68. The summed E-state index contributed by atoms with van der Waals surface area (Å²) in [5.41, 5.74) is -0.272. The van der Waals surface area contributed by atoms with Crippen LogP contribution >= 0.6 is 0 Å². The molecule has 0 amide bonds. The number of nitrogens with zero attached hydrogens (tertiary/aromatic N) is 1. The van der Waals surface area contributed by atoms with E-state index in [0.29, 0.717) is 6.54 Å². The summed E-state index contributed by atoms with van der Waals surface area (Å²) >= 11 is 0. The number of rotatable bonds is 6. The van der Waals surface area contributed by atoms with Crippen molar-refractivity contribution >= 4 is 5.97 Å². The van der Waals surface area contributed by atoms with E-state index >= 15 is 0 Å². The van der Waals surface area contributed by atoms with Gasteiger partial charge in [0.1, 0.15) is 0 Å². The first-order valence-corrected chi connectivity index (χ1v) is 5.20. The van der Waals surface area contributed by atoms with Gasteiger partial charge in [0, 0.05) is 13.1 Å². The second-order valence-corrected chi connectivity index (χ2v) is 4.67. The van der Waals surface area contributed by atoms with E-state index in [2.05, 4.69) is 0 Å². The zero-order valence-electron chi connectivity index (χ0n) is 9.18. The summed E-state index contributed by atoms with van der Waals surface area (Å²) in [5, 5.41) is 8.66. The molecular formula is C10H16F3NO2. The lowest BCUT2D eigenvalue weighted by Crippen LogP contribution is -2.31. The largest absolute Gasteiger partial charge is 0.481 e. The fraction of sp³-hybridized carbons (Fsp3) is 0.900. The molecule has 0 heterocycles. The summed E-state index contributed by atoms with van der Waals surface area (Å²) in [4.78, 5) is 12.1. The minimum absolute atomic E-state index is 0.0589. The van der Waals surface area contributed by atoms with Crippen LogP contribution in [-0.2, 0) is 4.79 Å². The van der Waals surface area contributed by atoms with Gasteiger partial charge in [-0.2, -0.15) is 13.2 Å². The van der Waals surface area contributed by atoms with Crippen molar-refractivity contribution in [1.82, 2.24) is 4.90 Å². The van der Waals surface area contributed by atoms with Crippen LogP contribution < -0.4 is 0 Å². The van der Waals surface area contributed by atoms with Gasteiger partial charge in [-0.15, -0.1) is 0 Å². The summed E-state index contributed by atoms with van der Waals surface area (Å²) in [6.45, 7) is 0.375. The SMILES string of the molecule is CN(CCC(F)(F)F)CC1(CC(=O)O)CC1. The van der Waals surface area contributed by atoms with Crippen LogP contribution in [0.1, 0.15) is 25.7 Å². The Labute approximate surface area is 92.2 Å². The number of carbonyl (C=O) groups is 1. The third kappa shape index (κ3) is 4.83. The summed E-state index contributed by atoms with van der Waals surface area (Å²) in [6.07, 6.45) is -3.32. The maximum absolute atomic E-state index is 12.0. The van der Waals surface area contributed by atoms with E-state index in [1.54, 1.807) is 11.9 Å². The van der Waals surface area contributed by atoms with Crippen LogP contribution in [0.5, 0.6) is 0 Å². The van der Waals surface area contributed by atoms with Crippen molar-refractivity contribution in [2.75, 3.05) is 20.1 Å². The van der Waals surface area contributed by atoms with Crippen LogP contribution in [0.25, 0.3) is 0 Å². The quantitative estimate of drug-likeness (QED) is 0.771. The number of carboxylic acid groups (broad SMARTS) is 1. The van der Waals surface area contributed by atoms with E-state index in [0.717, 1.165) is 12.8 Å². The minimum Gasteiger partial charge on any atom is -0.481 e. The molecule has 3 nitrogen and oxygen atoms in total. The third-order valence-electron chi connectivity index (χ3n) is 2.87. The standard InChI is InChI=1S/C10H16F3NO2/c1-14(5-4-10(11,12)13)7-9(2-3-9)6-8(15)16/h2-7H2,1H3,(H,15,16). The van der Waals surface area contributed by atoms with Gasteiger partial charge in [0.25, 0.3) is 0 Å². The number of hydrogen-bond acceptors (Lipinski definition) is 2. The van der Waals surface area contributed by atoms with Crippen molar-refractivity contribution in [3.05, 3.63) is 0 Å². The topological polar surface area (TPSA) is 40.5 Å². The molecule has 1 fully saturated rings. The molecular weight excluding hydrogens is 223 g/mol. The molecule has 16 heavy (non-hydrogen) atoms. The summed E-state index contributed by atoms with van der Waals surface area (Å²) in [6, 6.07) is 0. The Balaban J connectivity index is 2.29. The smallest absolute Gasteiger partial charge is 0.390 e. The van der Waals surface area contributed by atoms with E-state index in [1.807, 2.05) is 0 Å². The van der Waals surface area contributed by atoms with Gasteiger partial charge >= 0.3 is 12.1 Å². The zero-order chi connectivity index (χ0) is 12.4. The highest BCUT2D eigenvalue weighted by Gasteiger charge is 2.45. The highest BCUT2D eigenvalue weighted by atomic mass is 19.4. The first-order valence-electron chi connectivity index (χ1n) is 5.20. The molecule has 1 saturated carbocycles. The van der Waals surface area contributed by atoms with Gasteiger partial charge in [-0.1, -0.05) is 0 Å². The van der Waals surface area contributed by atoms with Crippen LogP contribution in [0.2, 0.25) is 0 Å². The van der Waals surface area contributed by atoms with Gasteiger partial charge in [0.2, 0.25) is 0 Å². The van der Waals surface area contributed by atoms with E-state index in [1.165, 1.54) is 0 Å². The van der Waals surface area contributed by atoms with Gasteiger partial charge in [-0.3, -0.25) is 4.79 Å². The van der Waals surface area contributed by atoms with Gasteiger partial charge < -0.3 is 10.0 Å². The number of hydrogen-bond donors (Lipinski definition) is 1. The van der Waals surface area contributed by atoms with Crippen LogP contribution in [0, 0.1) is 5.41 Å². The summed E-state index contributed by atoms with van der Waals surface area (Å²) in [7, 11) is 1.60. The second kappa shape index (κ2) is 4.61. The molecule has 0 spiro atoms. The first kappa shape index (κ1) is 13.3. The minimum atomic E-state index is -4.14. The number of alkyl halides is 3. The molecule has 0 bridgehead atoms. The summed E-state index contributed by atoms with van der Waals surface area (Å²) in [5.74, 6) is -0.873. The van der Waals surface area contributed by atoms with Crippen molar-refractivity contribution in [2.24, 2.45) is 5.41 Å². The van der Waals surface area contributed by atoms with E-state index in [9.17, 15) is 18.0 Å². The van der Waals surface area contributed by atoms with Crippen molar-refractivity contribution in [3.8, 4) is 0 Å². The molecule has 0 radical (unpaired) electrons. The number of halogens is 3. The fourth-order valence-electron chi connectivity index (χ4n) is 1.86. The third-order valence-corrected chi connectivity index (χ3v) is 2.87. The molecule has 0 aromatic rings. The van der Waals surface area contributed by atoms with E-state index < -0.39 is 18.6 Å². The Morgan fingerprint density at radius 3 is 2.38 bits per heavy atom. The van der Waals surface area contributed by atoms with E-state index in [4.69, 9.17) is 5.11 Å². The average molecular weight is 239 g/mol. The molecule has 1 aliphatic carbocycles. The Morgan fingerprint density at radius 2 is 2.00 bits per heavy atom. The van der Waals surface area contributed by atoms with Crippen LogP contribution in [-0.4, -0.2) is 42.3 Å². The monoisotopic (exact) mass is 239 g/mol. The Kier molecular flexibility index (Phi) is 3.83. The molecule has 94 valence electrons. The Morgan fingerprint density at radius 1 is 1.44 bits per heavy atom. The van der Waals surface area contributed by atoms with Crippen molar-refractivity contribution in [2.45, 2.75) is 31.9 Å². The second-order valence-electron chi connectivity index (χ2n) is 4.67. The van der Waals surface area contributed by atoms with Crippen LogP contribution in [0.15, 0.2) is 0 Å². The fourth-order valence-corrected chi connectivity index (χ4v) is 1.86. The molecule has 1 aliphatic rings. The lowest BCUT2D eigenvalue weighted by Gasteiger charge is -2.22. The van der Waals surface area contributed by atoms with Gasteiger partial charge in [-0.25, -0.2) is 0 Å². The predicted molar refractivity (Wildman–Crippen MR) is 52.1 cm³/mol. The lowest BCUT2D eigenvalue weighted by molar-refractivity contribution is -0.141. The average Bonchev–Trinajstić information content (AvgIpc) is 2.79. The lowest BCUT2D eigenvalue weighted by atomic mass is 10.0. The first-order chi connectivity index (χ1) is 7.22. The van der Waals surface area contributed by atoms with E-state index in [-0.39, 0.29) is 18.4 Å². The molecule has 1 rings (SSSR count). The van der Waals surface area contributed by atoms with Crippen molar-refractivity contribution in [1.29, 1.82) is 0 Å². The van der Waals surface area contributed by atoms with Crippen LogP contribution in [0.3, 0.4) is 0 Å². The van der Waals surface area contributed by atoms with Gasteiger partial charge in [0.05, 0.1) is 12.8 Å². The maximum Gasteiger partial charge on any atom is 0.390 e. The van der Waals surface area contributed by atoms with Gasteiger partial charge in [-0.05, 0) is 25.3 Å². The molecule has 6 heteroatoms. The van der Waals surface area contributed by atoms with Crippen molar-refractivity contribution in [3.63, 3.8) is 0 Å². The maximum atomic E-state index is 12.0. The molecule has 0 saturated heterocycles. The van der Waals surface area contributed by atoms with Gasteiger partial charge in [0.15, 0.2) is 0 Å².